The first-order chi connectivity index (χ1) is 12.8. The van der Waals surface area contributed by atoms with Crippen molar-refractivity contribution in [3.8, 4) is 0 Å². The fourth-order valence-electron chi connectivity index (χ4n) is 4.81. The molecule has 0 amide bonds. The van der Waals surface area contributed by atoms with Crippen LogP contribution in [0.5, 0.6) is 0 Å². The van der Waals surface area contributed by atoms with Crippen molar-refractivity contribution in [2.75, 3.05) is 18.4 Å². The molecule has 2 fully saturated rings. The Bertz CT molecular complexity index is 847. The van der Waals surface area contributed by atoms with E-state index in [0.717, 1.165) is 34.9 Å². The van der Waals surface area contributed by atoms with E-state index in [1.165, 1.54) is 42.8 Å². The number of hydrogen-bond acceptors (Lipinski definition) is 5. The van der Waals surface area contributed by atoms with Gasteiger partial charge in [-0.25, -0.2) is 9.97 Å². The summed E-state index contributed by atoms with van der Waals surface area (Å²) in [6, 6.07) is 6.79. The lowest BCUT2D eigenvalue weighted by Crippen LogP contribution is -2.43. The number of fused-ring (bicyclic) bond motifs is 4. The topological polar surface area (TPSA) is 41.0 Å². The molecular weight excluding hydrogens is 340 g/mol. The number of nitrogens with zero attached hydrogens (tertiary/aromatic N) is 3. The predicted octanol–water partition coefficient (Wildman–Crippen LogP) is 4.86. The lowest BCUT2D eigenvalue weighted by Gasteiger charge is -2.43. The van der Waals surface area contributed by atoms with E-state index >= 15 is 0 Å². The smallest absolute Gasteiger partial charge is 0.163 e. The lowest BCUT2D eigenvalue weighted by molar-refractivity contribution is 0.132. The maximum atomic E-state index is 4.41. The van der Waals surface area contributed by atoms with Gasteiger partial charge in [-0.1, -0.05) is 35.9 Å². The number of benzene rings is 1. The molecule has 2 atom stereocenters. The number of piperidine rings is 1. The number of anilines is 2. The molecule has 1 aromatic heterocycles. The van der Waals surface area contributed by atoms with Crippen LogP contribution in [0.15, 0.2) is 52.2 Å². The molecule has 2 bridgehead atoms. The summed E-state index contributed by atoms with van der Waals surface area (Å²) in [6.45, 7) is 5.69. The van der Waals surface area contributed by atoms with Crippen LogP contribution in [-0.2, 0) is 6.54 Å². The monoisotopic (exact) mass is 364 g/mol. The van der Waals surface area contributed by atoms with Crippen molar-refractivity contribution in [3.05, 3.63) is 47.8 Å². The molecule has 1 aliphatic carbocycles. The van der Waals surface area contributed by atoms with Gasteiger partial charge in [0.05, 0.1) is 5.69 Å². The van der Waals surface area contributed by atoms with Gasteiger partial charge in [-0.05, 0) is 49.3 Å². The summed E-state index contributed by atoms with van der Waals surface area (Å²) in [6.07, 6.45) is 10.0. The molecule has 1 N–H and O–H groups in total. The molecule has 26 heavy (non-hydrogen) atoms. The third kappa shape index (κ3) is 2.93. The van der Waals surface area contributed by atoms with Crippen LogP contribution in [-0.4, -0.2) is 28.0 Å². The van der Waals surface area contributed by atoms with E-state index in [9.17, 15) is 0 Å². The summed E-state index contributed by atoms with van der Waals surface area (Å²) >= 11 is 1.70. The zero-order valence-corrected chi connectivity index (χ0v) is 15.9. The Morgan fingerprint density at radius 2 is 2.00 bits per heavy atom. The van der Waals surface area contributed by atoms with E-state index in [1.54, 1.807) is 29.7 Å². The molecule has 3 heterocycles. The normalized spacial score (nSPS) is 24.4. The Kier molecular flexibility index (Phi) is 4.21. The maximum Gasteiger partial charge on any atom is 0.163 e. The Labute approximate surface area is 159 Å². The summed E-state index contributed by atoms with van der Waals surface area (Å²) in [4.78, 5) is 12.7. The Hall–Kier alpha value is -1.85. The van der Waals surface area contributed by atoms with Crippen LogP contribution in [0.3, 0.4) is 0 Å². The molecular formula is C21H24N4S. The van der Waals surface area contributed by atoms with Crippen LogP contribution < -0.4 is 5.32 Å². The maximum absolute atomic E-state index is 4.41. The molecule has 1 saturated heterocycles. The number of aromatic nitrogens is 2. The van der Waals surface area contributed by atoms with Crippen molar-refractivity contribution in [1.29, 1.82) is 0 Å². The van der Waals surface area contributed by atoms with E-state index < -0.39 is 0 Å². The fraction of sp³-hybridized carbons (Fsp3) is 0.429. The zero-order valence-electron chi connectivity index (χ0n) is 15.1. The van der Waals surface area contributed by atoms with Crippen LogP contribution in [0.1, 0.15) is 31.7 Å². The van der Waals surface area contributed by atoms with Gasteiger partial charge in [0.1, 0.15) is 5.03 Å². The molecule has 5 heteroatoms. The summed E-state index contributed by atoms with van der Waals surface area (Å²) < 4.78 is 0. The largest absolute Gasteiger partial charge is 0.337 e. The Morgan fingerprint density at radius 3 is 2.81 bits per heavy atom. The minimum atomic E-state index is 0.779. The van der Waals surface area contributed by atoms with E-state index in [1.807, 2.05) is 0 Å². The van der Waals surface area contributed by atoms with E-state index in [4.69, 9.17) is 0 Å². The highest BCUT2D eigenvalue weighted by Gasteiger charge is 2.34. The van der Waals surface area contributed by atoms with Crippen molar-refractivity contribution in [3.63, 3.8) is 0 Å². The first-order valence-corrected chi connectivity index (χ1v) is 10.4. The quantitative estimate of drug-likeness (QED) is 0.658. The van der Waals surface area contributed by atoms with Crippen LogP contribution >= 0.6 is 11.8 Å². The van der Waals surface area contributed by atoms with E-state index in [-0.39, 0.29) is 0 Å². The second-order valence-corrected chi connectivity index (χ2v) is 8.61. The zero-order chi connectivity index (χ0) is 17.5. The van der Waals surface area contributed by atoms with Gasteiger partial charge < -0.3 is 5.32 Å². The summed E-state index contributed by atoms with van der Waals surface area (Å²) in [5, 5.41) is 4.41. The molecule has 1 saturated carbocycles. The van der Waals surface area contributed by atoms with E-state index in [2.05, 4.69) is 51.4 Å². The van der Waals surface area contributed by atoms with Crippen LogP contribution in [0.25, 0.3) is 0 Å². The average Bonchev–Trinajstić information content (AvgIpc) is 2.65. The Balaban J connectivity index is 1.33. The molecule has 3 aliphatic rings. The molecule has 0 radical (unpaired) electrons. The minimum absolute atomic E-state index is 0.779. The van der Waals surface area contributed by atoms with Crippen molar-refractivity contribution in [1.82, 2.24) is 14.9 Å². The molecule has 2 aromatic rings. The highest BCUT2D eigenvalue weighted by atomic mass is 32.2. The molecule has 2 unspecified atom stereocenters. The molecule has 134 valence electrons. The first-order valence-electron chi connectivity index (χ1n) is 9.57. The highest BCUT2D eigenvalue weighted by molar-refractivity contribution is 7.99. The summed E-state index contributed by atoms with van der Waals surface area (Å²) in [7, 11) is 0. The van der Waals surface area contributed by atoms with Gasteiger partial charge in [0, 0.05) is 36.9 Å². The standard InChI is InChI=1S/C21H24N4S/c1-2-17-15-4-3-5-16(17)13-25(12-15)11-14-6-7-19-18(10-14)24-20-21(26-19)23-9-8-22-20/h2,6-10,15-16H,3-5,11-13H2,1H3,(H,22,24). The average molecular weight is 365 g/mol. The number of rotatable bonds is 2. The van der Waals surface area contributed by atoms with Crippen molar-refractivity contribution < 1.29 is 0 Å². The summed E-state index contributed by atoms with van der Waals surface area (Å²) in [5.74, 6) is 2.43. The third-order valence-corrected chi connectivity index (χ3v) is 6.98. The van der Waals surface area contributed by atoms with E-state index in [0.29, 0.717) is 0 Å². The van der Waals surface area contributed by atoms with Crippen LogP contribution in [0.2, 0.25) is 0 Å². The minimum Gasteiger partial charge on any atom is -0.337 e. The number of likely N-dealkylation sites (tertiary alicyclic amines) is 1. The van der Waals surface area contributed by atoms with Crippen LogP contribution in [0, 0.1) is 11.8 Å². The van der Waals surface area contributed by atoms with Gasteiger partial charge in [-0.2, -0.15) is 0 Å². The van der Waals surface area contributed by atoms with Crippen molar-refractivity contribution in [2.45, 2.75) is 42.7 Å². The van der Waals surface area contributed by atoms with Crippen molar-refractivity contribution in [2.24, 2.45) is 11.8 Å². The first kappa shape index (κ1) is 16.3. The number of hydrogen-bond donors (Lipinski definition) is 1. The predicted molar refractivity (Wildman–Crippen MR) is 106 cm³/mol. The second kappa shape index (κ2) is 6.71. The number of allylic oxidation sites excluding steroid dienone is 1. The number of nitrogens with one attached hydrogen (secondary N) is 1. The van der Waals surface area contributed by atoms with Gasteiger partial charge >= 0.3 is 0 Å². The van der Waals surface area contributed by atoms with Gasteiger partial charge in [0.25, 0.3) is 0 Å². The van der Waals surface area contributed by atoms with Crippen molar-refractivity contribution >= 4 is 23.3 Å². The van der Waals surface area contributed by atoms with Gasteiger partial charge in [0.2, 0.25) is 0 Å². The van der Waals surface area contributed by atoms with Gasteiger partial charge in [-0.3, -0.25) is 4.90 Å². The molecule has 2 aliphatic heterocycles. The lowest BCUT2D eigenvalue weighted by atomic mass is 9.73. The molecule has 0 spiro atoms. The highest BCUT2D eigenvalue weighted by Crippen LogP contribution is 2.43. The molecule has 4 nitrogen and oxygen atoms in total. The fourth-order valence-corrected chi connectivity index (χ4v) is 5.69. The van der Waals surface area contributed by atoms with Gasteiger partial charge in [0.15, 0.2) is 5.82 Å². The third-order valence-electron chi connectivity index (χ3n) is 5.91. The SMILES string of the molecule is CC=C1C2CCCC1CN(Cc1ccc3c(c1)Nc1nccnc1S3)C2. The molecule has 5 rings (SSSR count). The Morgan fingerprint density at radius 1 is 1.19 bits per heavy atom. The summed E-state index contributed by atoms with van der Waals surface area (Å²) in [5.41, 5.74) is 4.27. The van der Waals surface area contributed by atoms with Gasteiger partial charge in [-0.15, -0.1) is 0 Å². The second-order valence-electron chi connectivity index (χ2n) is 7.58. The molecule has 1 aromatic carbocycles. The van der Waals surface area contributed by atoms with Crippen LogP contribution in [0.4, 0.5) is 11.5 Å².